The third-order valence-corrected chi connectivity index (χ3v) is 6.37. The van der Waals surface area contributed by atoms with Gasteiger partial charge in [-0.05, 0) is 30.7 Å². The van der Waals surface area contributed by atoms with Gasteiger partial charge in [0.2, 0.25) is 11.6 Å². The number of hydrogen-bond acceptors (Lipinski definition) is 7. The van der Waals surface area contributed by atoms with Gasteiger partial charge >= 0.3 is 5.56 Å². The van der Waals surface area contributed by atoms with Crippen molar-refractivity contribution in [2.75, 3.05) is 19.5 Å². The average Bonchev–Trinajstić information content (AvgIpc) is 3.26. The second-order valence-electron chi connectivity index (χ2n) is 7.06. The molecule has 0 aliphatic rings. The number of thioether (sulfide) groups is 1. The molecule has 1 atom stereocenters. The summed E-state index contributed by atoms with van der Waals surface area (Å²) in [6, 6.07) is 14.5. The first kappa shape index (κ1) is 22.4. The lowest BCUT2D eigenvalue weighted by Crippen LogP contribution is -2.25. The molecule has 33 heavy (non-hydrogen) atoms. The molecule has 2 heterocycles. The molecule has 9 nitrogen and oxygen atoms in total. The summed E-state index contributed by atoms with van der Waals surface area (Å²) in [5, 5.41) is 11.1. The number of para-hydroxylation sites is 1. The lowest BCUT2D eigenvalue weighted by atomic mass is 10.2. The minimum atomic E-state index is -0.468. The van der Waals surface area contributed by atoms with Gasteiger partial charge < -0.3 is 14.8 Å². The molecule has 170 valence electrons. The van der Waals surface area contributed by atoms with Crippen LogP contribution in [0.3, 0.4) is 0 Å². The smallest absolute Gasteiger partial charge is 0.300 e. The van der Waals surface area contributed by atoms with E-state index in [1.807, 2.05) is 37.3 Å². The highest BCUT2D eigenvalue weighted by Gasteiger charge is 2.23. The monoisotopic (exact) mass is 465 g/mol. The first-order valence-corrected chi connectivity index (χ1v) is 11.1. The maximum atomic E-state index is 13.0. The zero-order valence-electron chi connectivity index (χ0n) is 18.4. The number of benzene rings is 2. The molecular formula is C23H23N5O4S. The quantitative estimate of drug-likeness (QED) is 0.398. The maximum absolute atomic E-state index is 13.0. The summed E-state index contributed by atoms with van der Waals surface area (Å²) < 4.78 is 13.7. The van der Waals surface area contributed by atoms with Crippen molar-refractivity contribution < 1.29 is 14.3 Å². The van der Waals surface area contributed by atoms with Gasteiger partial charge in [0.05, 0.1) is 25.2 Å². The number of anilines is 1. The van der Waals surface area contributed by atoms with Crippen molar-refractivity contribution >= 4 is 29.0 Å². The van der Waals surface area contributed by atoms with E-state index in [-0.39, 0.29) is 17.1 Å². The van der Waals surface area contributed by atoms with E-state index in [4.69, 9.17) is 9.47 Å². The Morgan fingerprint density at radius 3 is 2.58 bits per heavy atom. The number of carbonyl (C=O) groups is 1. The van der Waals surface area contributed by atoms with Gasteiger partial charge in [-0.25, -0.2) is 0 Å². The number of aromatic nitrogens is 4. The fourth-order valence-electron chi connectivity index (χ4n) is 3.31. The number of carbonyl (C=O) groups excluding carboxylic acids is 1. The molecule has 0 unspecified atom stereocenters. The molecule has 10 heteroatoms. The zero-order chi connectivity index (χ0) is 23.4. The molecule has 0 saturated heterocycles. The molecule has 1 amide bonds. The van der Waals surface area contributed by atoms with E-state index >= 15 is 0 Å². The fourth-order valence-corrected chi connectivity index (χ4v) is 4.25. The van der Waals surface area contributed by atoms with Gasteiger partial charge in [0.25, 0.3) is 0 Å². The summed E-state index contributed by atoms with van der Waals surface area (Å²) in [5.41, 5.74) is 1.15. The molecule has 1 N–H and O–H groups in total. The van der Waals surface area contributed by atoms with Crippen molar-refractivity contribution in [3.63, 3.8) is 0 Å². The Hall–Kier alpha value is -3.79. The second-order valence-corrected chi connectivity index (χ2v) is 8.23. The first-order valence-electron chi connectivity index (χ1n) is 10.3. The standard InChI is InChI=1S/C23H23N5O4S/c1-4-19(21(29)24-17-14-16(31-2)10-11-18(17)32-3)33-23-26-25-20-22(30)27(12-13-28(20)23)15-8-6-5-7-9-15/h5-14,19H,4H2,1-3H3,(H,24,29)/t19-/m1/s1. The zero-order valence-corrected chi connectivity index (χ0v) is 19.2. The van der Waals surface area contributed by atoms with E-state index in [0.717, 1.165) is 5.69 Å². The molecule has 0 spiro atoms. The van der Waals surface area contributed by atoms with Crippen molar-refractivity contribution in [3.05, 3.63) is 71.3 Å². The normalized spacial score (nSPS) is 11.8. The topological polar surface area (TPSA) is 99.8 Å². The highest BCUT2D eigenvalue weighted by molar-refractivity contribution is 8.00. The van der Waals surface area contributed by atoms with Gasteiger partial charge in [-0.1, -0.05) is 36.9 Å². The van der Waals surface area contributed by atoms with E-state index in [1.54, 1.807) is 42.1 Å². The van der Waals surface area contributed by atoms with Gasteiger partial charge in [0, 0.05) is 24.1 Å². The van der Waals surface area contributed by atoms with Gasteiger partial charge in [-0.3, -0.25) is 18.6 Å². The third kappa shape index (κ3) is 4.56. The van der Waals surface area contributed by atoms with Crippen LogP contribution >= 0.6 is 11.8 Å². The van der Waals surface area contributed by atoms with Gasteiger partial charge in [-0.15, -0.1) is 10.2 Å². The van der Waals surface area contributed by atoms with Gasteiger partial charge in [0.15, 0.2) is 5.16 Å². The van der Waals surface area contributed by atoms with E-state index in [1.165, 1.54) is 23.4 Å². The SMILES string of the molecule is CC[C@@H](Sc1nnc2c(=O)n(-c3ccccc3)ccn12)C(=O)Nc1cc(OC)ccc1OC. The summed E-state index contributed by atoms with van der Waals surface area (Å²) in [4.78, 5) is 26.0. The van der Waals surface area contributed by atoms with Crippen LogP contribution < -0.4 is 20.3 Å². The molecule has 0 aliphatic heterocycles. The number of rotatable bonds is 8. The Kier molecular flexibility index (Phi) is 6.64. The average molecular weight is 466 g/mol. The number of nitrogens with one attached hydrogen (secondary N) is 1. The highest BCUT2D eigenvalue weighted by atomic mass is 32.2. The molecule has 0 bridgehead atoms. The number of methoxy groups -OCH3 is 2. The molecule has 2 aromatic carbocycles. The van der Waals surface area contributed by atoms with Crippen LogP contribution in [0.25, 0.3) is 11.3 Å². The number of hydrogen-bond donors (Lipinski definition) is 1. The first-order chi connectivity index (χ1) is 16.0. The number of ether oxygens (including phenoxy) is 2. The van der Waals surface area contributed by atoms with Crippen LogP contribution in [0, 0.1) is 0 Å². The molecule has 0 fully saturated rings. The summed E-state index contributed by atoms with van der Waals surface area (Å²) in [5.74, 6) is 0.909. The van der Waals surface area contributed by atoms with Crippen LogP contribution in [0.2, 0.25) is 0 Å². The van der Waals surface area contributed by atoms with Crippen molar-refractivity contribution in [2.24, 2.45) is 0 Å². The predicted octanol–water partition coefficient (Wildman–Crippen LogP) is 3.41. The third-order valence-electron chi connectivity index (χ3n) is 5.05. The molecular weight excluding hydrogens is 442 g/mol. The van der Waals surface area contributed by atoms with Crippen molar-refractivity contribution in [1.82, 2.24) is 19.2 Å². The Labute approximate surface area is 194 Å². The van der Waals surface area contributed by atoms with Crippen LogP contribution in [-0.2, 0) is 4.79 Å². The van der Waals surface area contributed by atoms with Crippen LogP contribution in [0.1, 0.15) is 13.3 Å². The van der Waals surface area contributed by atoms with Gasteiger partial charge in [-0.2, -0.15) is 0 Å². The lowest BCUT2D eigenvalue weighted by Gasteiger charge is -2.16. The lowest BCUT2D eigenvalue weighted by molar-refractivity contribution is -0.115. The molecule has 0 radical (unpaired) electrons. The molecule has 2 aromatic heterocycles. The Morgan fingerprint density at radius 1 is 1.09 bits per heavy atom. The van der Waals surface area contributed by atoms with Crippen LogP contribution in [0.15, 0.2) is 70.9 Å². The Bertz CT molecular complexity index is 1340. The van der Waals surface area contributed by atoms with Crippen LogP contribution in [0.5, 0.6) is 11.5 Å². The highest BCUT2D eigenvalue weighted by Crippen LogP contribution is 2.31. The van der Waals surface area contributed by atoms with E-state index in [9.17, 15) is 9.59 Å². The predicted molar refractivity (Wildman–Crippen MR) is 127 cm³/mol. The fraction of sp³-hybridized carbons (Fsp3) is 0.217. The van der Waals surface area contributed by atoms with E-state index < -0.39 is 5.25 Å². The second kappa shape index (κ2) is 9.78. The van der Waals surface area contributed by atoms with Crippen LogP contribution in [-0.4, -0.2) is 44.5 Å². The largest absolute Gasteiger partial charge is 0.497 e. The molecule has 0 saturated carbocycles. The number of fused-ring (bicyclic) bond motifs is 1. The minimum absolute atomic E-state index is 0.188. The summed E-state index contributed by atoms with van der Waals surface area (Å²) in [7, 11) is 3.09. The maximum Gasteiger partial charge on any atom is 0.300 e. The molecule has 0 aliphatic carbocycles. The number of amides is 1. The van der Waals surface area contributed by atoms with Crippen molar-refractivity contribution in [3.8, 4) is 17.2 Å². The van der Waals surface area contributed by atoms with Crippen molar-refractivity contribution in [2.45, 2.75) is 23.8 Å². The summed E-state index contributed by atoms with van der Waals surface area (Å²) in [6.07, 6.45) is 3.93. The van der Waals surface area contributed by atoms with Crippen molar-refractivity contribution in [1.29, 1.82) is 0 Å². The Morgan fingerprint density at radius 2 is 1.88 bits per heavy atom. The number of nitrogens with zero attached hydrogens (tertiary/aromatic N) is 4. The van der Waals surface area contributed by atoms with E-state index in [2.05, 4.69) is 15.5 Å². The van der Waals surface area contributed by atoms with Gasteiger partial charge in [0.1, 0.15) is 11.5 Å². The van der Waals surface area contributed by atoms with E-state index in [0.29, 0.717) is 28.8 Å². The van der Waals surface area contributed by atoms with Crippen LogP contribution in [0.4, 0.5) is 5.69 Å². The molecule has 4 aromatic rings. The molecule has 4 rings (SSSR count). The minimum Gasteiger partial charge on any atom is -0.497 e. The summed E-state index contributed by atoms with van der Waals surface area (Å²) >= 11 is 1.24. The Balaban J connectivity index is 1.59. The summed E-state index contributed by atoms with van der Waals surface area (Å²) in [6.45, 7) is 1.91.